The molecule has 1 unspecified atom stereocenters. The second-order valence-electron chi connectivity index (χ2n) is 4.75. The summed E-state index contributed by atoms with van der Waals surface area (Å²) in [5.74, 6) is 0.500. The van der Waals surface area contributed by atoms with E-state index in [0.29, 0.717) is 5.88 Å². The molecule has 2 aromatic rings. The molecule has 0 N–H and O–H groups in total. The molecule has 20 heavy (non-hydrogen) atoms. The minimum atomic E-state index is 0.239. The standard InChI is InChI=1S/C16H16BrCl2N/c1-11(12-4-7-15(19)8-5-12)20(2)16-9-14(17)6-3-13(16)10-18/h3-9,11H,10H2,1-2H3. The molecular formula is C16H16BrCl2N. The van der Waals surface area contributed by atoms with Crippen LogP contribution in [0.25, 0.3) is 0 Å². The highest BCUT2D eigenvalue weighted by Crippen LogP contribution is 2.31. The Balaban J connectivity index is 2.32. The zero-order chi connectivity index (χ0) is 14.7. The lowest BCUT2D eigenvalue weighted by atomic mass is 10.1. The highest BCUT2D eigenvalue weighted by Gasteiger charge is 2.15. The van der Waals surface area contributed by atoms with E-state index >= 15 is 0 Å². The van der Waals surface area contributed by atoms with E-state index in [-0.39, 0.29) is 6.04 Å². The van der Waals surface area contributed by atoms with Gasteiger partial charge in [-0.2, -0.15) is 0 Å². The smallest absolute Gasteiger partial charge is 0.0511 e. The molecule has 0 fully saturated rings. The van der Waals surface area contributed by atoms with Crippen molar-refractivity contribution in [3.63, 3.8) is 0 Å². The van der Waals surface area contributed by atoms with E-state index in [2.05, 4.69) is 59.1 Å². The van der Waals surface area contributed by atoms with Gasteiger partial charge in [0.05, 0.1) is 6.04 Å². The highest BCUT2D eigenvalue weighted by molar-refractivity contribution is 9.10. The lowest BCUT2D eigenvalue weighted by Crippen LogP contribution is -2.22. The topological polar surface area (TPSA) is 3.24 Å². The molecule has 0 amide bonds. The van der Waals surface area contributed by atoms with Crippen molar-refractivity contribution in [1.82, 2.24) is 0 Å². The summed E-state index contributed by atoms with van der Waals surface area (Å²) in [6.45, 7) is 2.17. The number of anilines is 1. The lowest BCUT2D eigenvalue weighted by molar-refractivity contribution is 0.737. The third-order valence-electron chi connectivity index (χ3n) is 3.50. The van der Waals surface area contributed by atoms with Gasteiger partial charge < -0.3 is 4.90 Å². The Morgan fingerprint density at radius 2 is 1.80 bits per heavy atom. The summed E-state index contributed by atoms with van der Waals surface area (Å²) in [6.07, 6.45) is 0. The molecular weight excluding hydrogens is 357 g/mol. The maximum Gasteiger partial charge on any atom is 0.0511 e. The van der Waals surface area contributed by atoms with Crippen LogP contribution in [0.4, 0.5) is 5.69 Å². The van der Waals surface area contributed by atoms with Gasteiger partial charge in [0.25, 0.3) is 0 Å². The third kappa shape index (κ3) is 3.49. The Morgan fingerprint density at radius 3 is 2.40 bits per heavy atom. The van der Waals surface area contributed by atoms with Crippen molar-refractivity contribution < 1.29 is 0 Å². The first-order valence-electron chi connectivity index (χ1n) is 6.35. The Morgan fingerprint density at radius 1 is 1.15 bits per heavy atom. The van der Waals surface area contributed by atoms with E-state index < -0.39 is 0 Å². The second kappa shape index (κ2) is 6.84. The molecule has 106 valence electrons. The van der Waals surface area contributed by atoms with E-state index in [4.69, 9.17) is 23.2 Å². The van der Waals surface area contributed by atoms with Gasteiger partial charge in [-0.05, 0) is 42.3 Å². The van der Waals surface area contributed by atoms with Crippen LogP contribution < -0.4 is 4.90 Å². The monoisotopic (exact) mass is 371 g/mol. The minimum absolute atomic E-state index is 0.239. The first kappa shape index (κ1) is 15.7. The van der Waals surface area contributed by atoms with Crippen LogP contribution in [0.1, 0.15) is 24.1 Å². The van der Waals surface area contributed by atoms with Crippen LogP contribution in [0.3, 0.4) is 0 Å². The van der Waals surface area contributed by atoms with E-state index in [9.17, 15) is 0 Å². The largest absolute Gasteiger partial charge is 0.368 e. The van der Waals surface area contributed by atoms with E-state index in [1.165, 1.54) is 5.56 Å². The molecule has 0 aliphatic heterocycles. The summed E-state index contributed by atoms with van der Waals surface area (Å²) in [5, 5.41) is 0.757. The highest BCUT2D eigenvalue weighted by atomic mass is 79.9. The van der Waals surface area contributed by atoms with Crippen molar-refractivity contribution in [2.45, 2.75) is 18.8 Å². The predicted octanol–water partition coefficient (Wildman–Crippen LogP) is 6.04. The molecule has 0 heterocycles. The van der Waals surface area contributed by atoms with Crippen LogP contribution in [0.2, 0.25) is 5.02 Å². The zero-order valence-corrected chi connectivity index (χ0v) is 14.5. The second-order valence-corrected chi connectivity index (χ2v) is 6.36. The maximum absolute atomic E-state index is 6.04. The van der Waals surface area contributed by atoms with E-state index in [0.717, 1.165) is 20.7 Å². The number of hydrogen-bond acceptors (Lipinski definition) is 1. The summed E-state index contributed by atoms with van der Waals surface area (Å²) in [6, 6.07) is 14.4. The third-order valence-corrected chi connectivity index (χ3v) is 4.54. The molecule has 0 saturated heterocycles. The molecule has 0 aliphatic carbocycles. The van der Waals surface area contributed by atoms with Crippen LogP contribution >= 0.6 is 39.1 Å². The normalized spacial score (nSPS) is 12.2. The number of benzene rings is 2. The van der Waals surface area contributed by atoms with Crippen molar-refractivity contribution in [3.8, 4) is 0 Å². The zero-order valence-electron chi connectivity index (χ0n) is 11.4. The molecule has 4 heteroatoms. The van der Waals surface area contributed by atoms with Gasteiger partial charge in [-0.1, -0.05) is 45.7 Å². The molecule has 0 aromatic heterocycles. The van der Waals surface area contributed by atoms with Crippen LogP contribution in [-0.2, 0) is 5.88 Å². The number of nitrogens with zero attached hydrogens (tertiary/aromatic N) is 1. The lowest BCUT2D eigenvalue weighted by Gasteiger charge is -2.29. The number of rotatable bonds is 4. The average molecular weight is 373 g/mol. The molecule has 2 aromatic carbocycles. The number of hydrogen-bond donors (Lipinski definition) is 0. The summed E-state index contributed by atoms with van der Waals surface area (Å²) in [7, 11) is 2.08. The first-order valence-corrected chi connectivity index (χ1v) is 8.06. The number of halogens is 3. The van der Waals surface area contributed by atoms with Gasteiger partial charge in [-0.25, -0.2) is 0 Å². The van der Waals surface area contributed by atoms with Crippen LogP contribution in [0.15, 0.2) is 46.9 Å². The first-order chi connectivity index (χ1) is 9.52. The van der Waals surface area contributed by atoms with E-state index in [1.807, 2.05) is 18.2 Å². The van der Waals surface area contributed by atoms with Crippen LogP contribution in [-0.4, -0.2) is 7.05 Å². The fourth-order valence-electron chi connectivity index (χ4n) is 2.15. The predicted molar refractivity (Wildman–Crippen MR) is 92.0 cm³/mol. The fraction of sp³-hybridized carbons (Fsp3) is 0.250. The molecule has 1 atom stereocenters. The van der Waals surface area contributed by atoms with Crippen molar-refractivity contribution in [1.29, 1.82) is 0 Å². The van der Waals surface area contributed by atoms with Gasteiger partial charge in [-0.3, -0.25) is 0 Å². The van der Waals surface area contributed by atoms with Crippen molar-refractivity contribution in [2.75, 3.05) is 11.9 Å². The average Bonchev–Trinajstić information content (AvgIpc) is 2.46. The van der Waals surface area contributed by atoms with Gasteiger partial charge >= 0.3 is 0 Å². The quantitative estimate of drug-likeness (QED) is 0.591. The van der Waals surface area contributed by atoms with Gasteiger partial charge in [0.15, 0.2) is 0 Å². The Kier molecular flexibility index (Phi) is 5.36. The Labute approximate surface area is 138 Å². The molecule has 0 saturated carbocycles. The summed E-state index contributed by atoms with van der Waals surface area (Å²) < 4.78 is 1.05. The Bertz CT molecular complexity index is 584. The summed E-state index contributed by atoms with van der Waals surface area (Å²) >= 11 is 15.5. The van der Waals surface area contributed by atoms with Crippen LogP contribution in [0.5, 0.6) is 0 Å². The van der Waals surface area contributed by atoms with Crippen molar-refractivity contribution in [2.24, 2.45) is 0 Å². The molecule has 2 rings (SSSR count). The fourth-order valence-corrected chi connectivity index (χ4v) is 2.85. The molecule has 0 radical (unpaired) electrons. The van der Waals surface area contributed by atoms with Crippen molar-refractivity contribution >= 4 is 44.8 Å². The van der Waals surface area contributed by atoms with Gasteiger partial charge in [0, 0.05) is 28.1 Å². The Hall–Kier alpha value is -0.700. The number of alkyl halides is 1. The summed E-state index contributed by atoms with van der Waals surface area (Å²) in [4.78, 5) is 2.23. The van der Waals surface area contributed by atoms with Gasteiger partial charge in [-0.15, -0.1) is 11.6 Å². The molecule has 0 spiro atoms. The summed E-state index contributed by atoms with van der Waals surface area (Å²) in [5.41, 5.74) is 3.48. The minimum Gasteiger partial charge on any atom is -0.368 e. The molecule has 0 aliphatic rings. The van der Waals surface area contributed by atoms with Gasteiger partial charge in [0.2, 0.25) is 0 Å². The van der Waals surface area contributed by atoms with Gasteiger partial charge in [0.1, 0.15) is 0 Å². The van der Waals surface area contributed by atoms with Crippen LogP contribution in [0, 0.1) is 0 Å². The molecule has 0 bridgehead atoms. The SMILES string of the molecule is CC(c1ccc(Cl)cc1)N(C)c1cc(Br)ccc1CCl. The van der Waals surface area contributed by atoms with Crippen molar-refractivity contribution in [3.05, 3.63) is 63.1 Å². The molecule has 1 nitrogen and oxygen atoms in total. The maximum atomic E-state index is 6.04. The van der Waals surface area contributed by atoms with E-state index in [1.54, 1.807) is 0 Å².